The van der Waals surface area contributed by atoms with E-state index < -0.39 is 38.7 Å². The fourth-order valence-electron chi connectivity index (χ4n) is 4.67. The Kier molecular flexibility index (Phi) is 7.25. The first-order valence-electron chi connectivity index (χ1n) is 12.2. The van der Waals surface area contributed by atoms with Gasteiger partial charge in [-0.05, 0) is 55.8 Å². The summed E-state index contributed by atoms with van der Waals surface area (Å²) in [5.74, 6) is -1.94. The van der Waals surface area contributed by atoms with Crippen molar-refractivity contribution in [2.24, 2.45) is 0 Å². The van der Waals surface area contributed by atoms with Gasteiger partial charge in [0.1, 0.15) is 17.0 Å². The molecule has 4 aromatic rings. The highest BCUT2D eigenvalue weighted by molar-refractivity contribution is 8.02. The number of nitrogens with zero attached hydrogens (tertiary/aromatic N) is 4. The van der Waals surface area contributed by atoms with Gasteiger partial charge in [0.25, 0.3) is 0 Å². The second kappa shape index (κ2) is 10.5. The molecule has 12 nitrogen and oxygen atoms in total. The van der Waals surface area contributed by atoms with Crippen LogP contribution in [0.4, 0.5) is 0 Å². The van der Waals surface area contributed by atoms with Gasteiger partial charge in [0.05, 0.1) is 17.1 Å². The minimum atomic E-state index is -4.06. The number of hydrogen-bond acceptors (Lipinski definition) is 8. The molecule has 208 valence electrons. The van der Waals surface area contributed by atoms with E-state index in [1.54, 1.807) is 56.4 Å². The van der Waals surface area contributed by atoms with Crippen molar-refractivity contribution in [3.63, 3.8) is 0 Å². The van der Waals surface area contributed by atoms with Crippen molar-refractivity contribution in [3.8, 4) is 5.69 Å². The molecule has 1 aliphatic rings. The van der Waals surface area contributed by atoms with Crippen molar-refractivity contribution in [1.29, 1.82) is 0 Å². The van der Waals surface area contributed by atoms with Crippen LogP contribution in [0.15, 0.2) is 76.8 Å². The van der Waals surface area contributed by atoms with E-state index in [-0.39, 0.29) is 22.9 Å². The Labute approximate surface area is 233 Å². The van der Waals surface area contributed by atoms with E-state index in [2.05, 4.69) is 20.3 Å². The number of carbonyl (C=O) groups is 2. The lowest BCUT2D eigenvalue weighted by atomic mass is 10.0. The van der Waals surface area contributed by atoms with Crippen molar-refractivity contribution >= 4 is 44.8 Å². The first-order valence-corrected chi connectivity index (χ1v) is 14.7. The van der Waals surface area contributed by atoms with Crippen LogP contribution in [-0.2, 0) is 26.0 Å². The number of carboxylic acid groups (broad SMARTS) is 1. The number of aromatic nitrogens is 4. The molecule has 14 heteroatoms. The van der Waals surface area contributed by atoms with Gasteiger partial charge in [-0.25, -0.2) is 27.6 Å². The topological polar surface area (TPSA) is 167 Å². The predicted molar refractivity (Wildman–Crippen MR) is 149 cm³/mol. The molecular weight excluding hydrogens is 556 g/mol. The summed E-state index contributed by atoms with van der Waals surface area (Å²) in [7, 11) is -4.06. The molecule has 0 spiro atoms. The first-order chi connectivity index (χ1) is 19.0. The number of thioether (sulfide) groups is 1. The van der Waals surface area contributed by atoms with Gasteiger partial charge >= 0.3 is 11.7 Å². The van der Waals surface area contributed by atoms with Crippen LogP contribution in [0, 0.1) is 0 Å². The number of amides is 1. The molecule has 1 amide bonds. The van der Waals surface area contributed by atoms with Gasteiger partial charge in [0.2, 0.25) is 15.9 Å². The maximum absolute atomic E-state index is 13.5. The summed E-state index contributed by atoms with van der Waals surface area (Å²) in [6.45, 7) is 3.49. The molecule has 1 aliphatic heterocycles. The second-order valence-corrected chi connectivity index (χ2v) is 13.3. The molecule has 5 rings (SSSR count). The highest BCUT2D eigenvalue weighted by Gasteiger charge is 2.51. The number of rotatable bonds is 8. The molecule has 0 bridgehead atoms. The van der Waals surface area contributed by atoms with Crippen molar-refractivity contribution < 1.29 is 23.1 Å². The van der Waals surface area contributed by atoms with Crippen LogP contribution in [0.5, 0.6) is 0 Å². The Bertz CT molecular complexity index is 1730. The molecule has 0 aliphatic carbocycles. The van der Waals surface area contributed by atoms with Crippen LogP contribution in [0.25, 0.3) is 16.9 Å². The number of nitrogens with one attached hydrogen (secondary N) is 2. The number of carbonyl (C=O) groups excluding carboxylic acids is 1. The van der Waals surface area contributed by atoms with Crippen LogP contribution in [0.1, 0.15) is 19.4 Å². The largest absolute Gasteiger partial charge is 0.480 e. The van der Waals surface area contributed by atoms with Gasteiger partial charge in [-0.3, -0.25) is 9.78 Å². The number of hydrogen-bond donors (Lipinski definition) is 3. The summed E-state index contributed by atoms with van der Waals surface area (Å²) in [5.41, 5.74) is 1.81. The number of carboxylic acids is 1. The van der Waals surface area contributed by atoms with Crippen LogP contribution in [0.3, 0.4) is 0 Å². The quantitative estimate of drug-likeness (QED) is 0.280. The van der Waals surface area contributed by atoms with Gasteiger partial charge in [0, 0.05) is 29.8 Å². The third-order valence-corrected chi connectivity index (χ3v) is 10.0. The zero-order chi connectivity index (χ0) is 28.7. The van der Waals surface area contributed by atoms with Gasteiger partial charge in [-0.2, -0.15) is 4.31 Å². The summed E-state index contributed by atoms with van der Waals surface area (Å²) in [6, 6.07) is 10.5. The fourth-order valence-corrected chi connectivity index (χ4v) is 7.80. The van der Waals surface area contributed by atoms with E-state index in [1.807, 2.05) is 0 Å². The molecule has 0 saturated carbocycles. The lowest BCUT2D eigenvalue weighted by Gasteiger charge is -2.30. The van der Waals surface area contributed by atoms with Crippen LogP contribution in [-0.4, -0.2) is 71.9 Å². The fraction of sp³-hybridized carbons (Fsp3) is 0.269. The minimum Gasteiger partial charge on any atom is -0.480 e. The number of aliphatic carboxylic acids is 1. The number of fused-ring (bicyclic) bond motifs is 1. The first kappa shape index (κ1) is 27.6. The molecule has 2 unspecified atom stereocenters. The Hall–Kier alpha value is -4.01. The van der Waals surface area contributed by atoms with E-state index >= 15 is 0 Å². The molecule has 40 heavy (non-hydrogen) atoms. The van der Waals surface area contributed by atoms with Crippen molar-refractivity contribution in [3.05, 3.63) is 83.2 Å². The molecule has 4 heterocycles. The lowest BCUT2D eigenvalue weighted by molar-refractivity contribution is -0.142. The summed E-state index contributed by atoms with van der Waals surface area (Å²) in [4.78, 5) is 48.9. The molecule has 3 aromatic heterocycles. The molecule has 1 fully saturated rings. The van der Waals surface area contributed by atoms with Crippen molar-refractivity contribution in [2.75, 3.05) is 5.88 Å². The van der Waals surface area contributed by atoms with Gasteiger partial charge in [-0.1, -0.05) is 12.1 Å². The Morgan fingerprint density at radius 1 is 1.18 bits per heavy atom. The monoisotopic (exact) mass is 582 g/mol. The number of sulfonamides is 1. The highest BCUT2D eigenvalue weighted by atomic mass is 32.2. The third kappa shape index (κ3) is 5.12. The standard InChI is InChI=1S/C26H26N6O6S2/c1-26(2)21(31(15-39-26)40(37,38)18-5-3-11-27-14-18)23(33)29-20(24(34)35)13-16-7-9-17(10-8-16)32-22-19(30-25(32)36)6-4-12-28-22/h3-12,14,20-21H,13,15H2,1-2H3,(H,29,33)(H,30,36)(H,34,35). The predicted octanol–water partition coefficient (Wildman–Crippen LogP) is 1.76. The lowest BCUT2D eigenvalue weighted by Crippen LogP contribution is -2.56. The van der Waals surface area contributed by atoms with E-state index in [0.29, 0.717) is 22.4 Å². The Morgan fingerprint density at radius 2 is 1.90 bits per heavy atom. The van der Waals surface area contributed by atoms with Crippen LogP contribution in [0.2, 0.25) is 0 Å². The van der Waals surface area contributed by atoms with Gasteiger partial charge < -0.3 is 15.4 Å². The van der Waals surface area contributed by atoms with Crippen LogP contribution >= 0.6 is 11.8 Å². The van der Waals surface area contributed by atoms with Crippen molar-refractivity contribution in [2.45, 2.75) is 42.0 Å². The second-order valence-electron chi connectivity index (χ2n) is 9.77. The normalized spacial score (nSPS) is 18.0. The molecule has 0 radical (unpaired) electrons. The highest BCUT2D eigenvalue weighted by Crippen LogP contribution is 2.42. The average molecular weight is 583 g/mol. The molecule has 1 aromatic carbocycles. The summed E-state index contributed by atoms with van der Waals surface area (Å²) >= 11 is 1.29. The van der Waals surface area contributed by atoms with E-state index in [4.69, 9.17) is 0 Å². The number of imidazole rings is 1. The minimum absolute atomic E-state index is 0.0313. The Balaban J connectivity index is 1.36. The number of H-pyrrole nitrogens is 1. The molecular formula is C26H26N6O6S2. The maximum Gasteiger partial charge on any atom is 0.332 e. The van der Waals surface area contributed by atoms with Gasteiger partial charge in [-0.15, -0.1) is 11.8 Å². The molecule has 2 atom stereocenters. The Morgan fingerprint density at radius 3 is 2.58 bits per heavy atom. The number of pyridine rings is 2. The van der Waals surface area contributed by atoms with Gasteiger partial charge in [0.15, 0.2) is 5.65 Å². The molecule has 1 saturated heterocycles. The SMILES string of the molecule is CC1(C)SCN(S(=O)(=O)c2cccnc2)C1C(=O)NC(Cc1ccc(-n2c(=O)[nH]c3cccnc32)cc1)C(=O)O. The third-order valence-electron chi connectivity index (χ3n) is 6.69. The summed E-state index contributed by atoms with van der Waals surface area (Å²) < 4.78 is 28.3. The van der Waals surface area contributed by atoms with E-state index in [9.17, 15) is 27.9 Å². The molecule has 3 N–H and O–H groups in total. The smallest absolute Gasteiger partial charge is 0.332 e. The maximum atomic E-state index is 13.5. The average Bonchev–Trinajstić information content (AvgIpc) is 3.44. The summed E-state index contributed by atoms with van der Waals surface area (Å²) in [5, 5.41) is 12.4. The number of benzene rings is 1. The van der Waals surface area contributed by atoms with E-state index in [1.165, 1.54) is 40.9 Å². The zero-order valence-corrected chi connectivity index (χ0v) is 23.1. The number of aromatic amines is 1. The van der Waals surface area contributed by atoms with Crippen molar-refractivity contribution in [1.82, 2.24) is 29.1 Å². The zero-order valence-electron chi connectivity index (χ0n) is 21.5. The van der Waals surface area contributed by atoms with E-state index in [0.717, 1.165) is 4.31 Å². The van der Waals surface area contributed by atoms with Crippen LogP contribution < -0.4 is 11.0 Å². The summed E-state index contributed by atoms with van der Waals surface area (Å²) in [6.07, 6.45) is 4.18.